The number of nitrogens with one attached hydrogen (secondary N) is 1. The van der Waals surface area contributed by atoms with Gasteiger partial charge in [-0.2, -0.15) is 5.10 Å². The first-order valence-electron chi connectivity index (χ1n) is 7.08. The van der Waals surface area contributed by atoms with Crippen molar-refractivity contribution in [3.05, 3.63) is 15.5 Å². The van der Waals surface area contributed by atoms with Crippen LogP contribution in [0, 0.1) is 3.57 Å². The van der Waals surface area contributed by atoms with Crippen molar-refractivity contribution in [3.8, 4) is 0 Å². The van der Waals surface area contributed by atoms with Crippen molar-refractivity contribution < 1.29 is 14.3 Å². The summed E-state index contributed by atoms with van der Waals surface area (Å²) >= 11 is 2.09. The predicted molar refractivity (Wildman–Crippen MR) is 89.8 cm³/mol. The van der Waals surface area contributed by atoms with Crippen LogP contribution in [0.3, 0.4) is 0 Å². The molecule has 0 aliphatic carbocycles. The minimum absolute atomic E-state index is 0.0406. The molecule has 1 aliphatic heterocycles. The minimum Gasteiger partial charge on any atom is -0.444 e. The molecule has 2 amide bonds. The van der Waals surface area contributed by atoms with Crippen LogP contribution in [-0.4, -0.2) is 51.9 Å². The summed E-state index contributed by atoms with van der Waals surface area (Å²) in [6.07, 6.45) is 1.26. The maximum Gasteiger partial charge on any atom is 0.410 e. The van der Waals surface area contributed by atoms with Crippen molar-refractivity contribution in [2.75, 3.05) is 13.6 Å². The van der Waals surface area contributed by atoms with Gasteiger partial charge in [0, 0.05) is 13.6 Å². The van der Waals surface area contributed by atoms with Gasteiger partial charge in [-0.1, -0.05) is 0 Å². The number of fused-ring (bicyclic) bond motifs is 1. The van der Waals surface area contributed by atoms with E-state index in [0.29, 0.717) is 12.2 Å². The Bertz CT molecular complexity index is 593. The second kappa shape index (κ2) is 6.05. The number of carbonyl (C=O) groups is 2. The van der Waals surface area contributed by atoms with Gasteiger partial charge in [0.25, 0.3) is 5.91 Å². The maximum absolute atomic E-state index is 12.2. The van der Waals surface area contributed by atoms with Crippen LogP contribution in [0.1, 0.15) is 44.2 Å². The average molecular weight is 420 g/mol. The Morgan fingerprint density at radius 3 is 2.77 bits per heavy atom. The highest BCUT2D eigenvalue weighted by molar-refractivity contribution is 14.1. The average Bonchev–Trinajstić information content (AvgIpc) is 2.76. The molecule has 2 rings (SSSR count). The zero-order valence-electron chi connectivity index (χ0n) is 13.4. The van der Waals surface area contributed by atoms with Gasteiger partial charge in [-0.05, 0) is 50.3 Å². The minimum atomic E-state index is -0.544. The van der Waals surface area contributed by atoms with Gasteiger partial charge in [0.2, 0.25) is 0 Å². The van der Waals surface area contributed by atoms with Gasteiger partial charge in [-0.15, -0.1) is 0 Å². The molecule has 2 heterocycles. The van der Waals surface area contributed by atoms with Gasteiger partial charge in [0.1, 0.15) is 11.3 Å². The van der Waals surface area contributed by atoms with E-state index in [1.807, 2.05) is 27.7 Å². The molecule has 2 atom stereocenters. The molecule has 1 aromatic heterocycles. The molecule has 1 aliphatic rings. The molecular weight excluding hydrogens is 399 g/mol. The molecular formula is C14H21IN4O3. The second-order valence-electron chi connectivity index (χ2n) is 6.47. The molecule has 0 radical (unpaired) electrons. The fourth-order valence-electron chi connectivity index (χ4n) is 2.30. The van der Waals surface area contributed by atoms with Crippen LogP contribution in [0.4, 0.5) is 4.79 Å². The molecule has 0 aromatic carbocycles. The van der Waals surface area contributed by atoms with Crippen LogP contribution in [-0.2, 0) is 4.74 Å². The number of hydrogen-bond acceptors (Lipinski definition) is 4. The molecule has 8 heteroatoms. The summed E-state index contributed by atoms with van der Waals surface area (Å²) in [7, 11) is 1.66. The first-order valence-corrected chi connectivity index (χ1v) is 8.16. The second-order valence-corrected chi connectivity index (χ2v) is 7.63. The molecule has 0 bridgehead atoms. The molecule has 7 nitrogen and oxygen atoms in total. The predicted octanol–water partition coefficient (Wildman–Crippen LogP) is 2.03. The standard InChI is InChI=1S/C14H21IN4O3/c1-8-10(7-18(5)13(21)22-14(2,3)4)17-12(20)11-9(15)6-16-19(8)11/h6,8,10H,7H2,1-5H3,(H,17,20)/t8-,10+/m1/s1. The van der Waals surface area contributed by atoms with E-state index < -0.39 is 11.7 Å². The molecule has 1 N–H and O–H groups in total. The summed E-state index contributed by atoms with van der Waals surface area (Å²) in [6.45, 7) is 7.79. The normalized spacial score (nSPS) is 21.1. The lowest BCUT2D eigenvalue weighted by Crippen LogP contribution is -2.53. The number of amides is 2. The van der Waals surface area contributed by atoms with Crippen molar-refractivity contribution >= 4 is 34.6 Å². The molecule has 0 unspecified atom stereocenters. The zero-order chi connectivity index (χ0) is 16.7. The third-order valence-corrected chi connectivity index (χ3v) is 4.22. The summed E-state index contributed by atoms with van der Waals surface area (Å²) < 4.78 is 7.86. The van der Waals surface area contributed by atoms with Crippen molar-refractivity contribution in [3.63, 3.8) is 0 Å². The number of ether oxygens (including phenoxy) is 1. The maximum atomic E-state index is 12.2. The fraction of sp³-hybridized carbons (Fsp3) is 0.643. The van der Waals surface area contributed by atoms with E-state index in [9.17, 15) is 9.59 Å². The Labute approximate surface area is 143 Å². The Morgan fingerprint density at radius 1 is 1.55 bits per heavy atom. The quantitative estimate of drug-likeness (QED) is 0.743. The summed E-state index contributed by atoms with van der Waals surface area (Å²) in [6, 6.07) is -0.255. The van der Waals surface area contributed by atoms with Gasteiger partial charge in [0.15, 0.2) is 0 Å². The Morgan fingerprint density at radius 2 is 2.18 bits per heavy atom. The van der Waals surface area contributed by atoms with Crippen LogP contribution in [0.25, 0.3) is 0 Å². The van der Waals surface area contributed by atoms with E-state index in [4.69, 9.17) is 4.74 Å². The smallest absolute Gasteiger partial charge is 0.410 e. The number of carbonyl (C=O) groups excluding carboxylic acids is 2. The first kappa shape index (κ1) is 17.0. The van der Waals surface area contributed by atoms with E-state index in [1.165, 1.54) is 4.90 Å². The summed E-state index contributed by atoms with van der Waals surface area (Å²) in [5, 5.41) is 7.21. The fourth-order valence-corrected chi connectivity index (χ4v) is 2.91. The number of hydrogen-bond donors (Lipinski definition) is 1. The Kier molecular flexibility index (Phi) is 4.69. The van der Waals surface area contributed by atoms with E-state index >= 15 is 0 Å². The monoisotopic (exact) mass is 420 g/mol. The van der Waals surface area contributed by atoms with Crippen LogP contribution in [0.5, 0.6) is 0 Å². The summed E-state index contributed by atoms with van der Waals surface area (Å²) in [4.78, 5) is 25.7. The number of aromatic nitrogens is 2. The number of rotatable bonds is 2. The van der Waals surface area contributed by atoms with E-state index in [1.54, 1.807) is 17.9 Å². The van der Waals surface area contributed by atoms with Gasteiger partial charge >= 0.3 is 6.09 Å². The van der Waals surface area contributed by atoms with Gasteiger partial charge in [-0.25, -0.2) is 4.79 Å². The first-order chi connectivity index (χ1) is 10.1. The third-order valence-electron chi connectivity index (χ3n) is 3.43. The van der Waals surface area contributed by atoms with Crippen LogP contribution in [0.15, 0.2) is 6.20 Å². The highest BCUT2D eigenvalue weighted by atomic mass is 127. The van der Waals surface area contributed by atoms with E-state index in [0.717, 1.165) is 3.57 Å². The molecule has 1 aromatic rings. The molecule has 122 valence electrons. The van der Waals surface area contributed by atoms with Crippen LogP contribution < -0.4 is 5.32 Å². The molecule has 0 saturated carbocycles. The lowest BCUT2D eigenvalue weighted by atomic mass is 10.1. The third kappa shape index (κ3) is 3.53. The lowest BCUT2D eigenvalue weighted by molar-refractivity contribution is 0.0265. The van der Waals surface area contributed by atoms with Gasteiger partial charge < -0.3 is 15.0 Å². The van der Waals surface area contributed by atoms with Crippen molar-refractivity contribution in [2.24, 2.45) is 0 Å². The Hall–Kier alpha value is -1.32. The Balaban J connectivity index is 2.08. The SMILES string of the molecule is C[C@@H]1[C@H](CN(C)C(=O)OC(C)(C)C)NC(=O)c2c(I)cnn21. The lowest BCUT2D eigenvalue weighted by Gasteiger charge is -2.34. The number of likely N-dealkylation sites (N-methyl/N-ethyl adjacent to an activating group) is 1. The summed E-state index contributed by atoms with van der Waals surface area (Å²) in [5.41, 5.74) is 0.0298. The highest BCUT2D eigenvalue weighted by Gasteiger charge is 2.34. The van der Waals surface area contributed by atoms with Gasteiger partial charge in [-0.3, -0.25) is 9.48 Å². The van der Waals surface area contributed by atoms with Crippen LogP contribution in [0.2, 0.25) is 0 Å². The van der Waals surface area contributed by atoms with E-state index in [2.05, 4.69) is 33.0 Å². The summed E-state index contributed by atoms with van der Waals surface area (Å²) in [5.74, 6) is -0.164. The molecule has 0 spiro atoms. The van der Waals surface area contributed by atoms with Crippen LogP contribution >= 0.6 is 22.6 Å². The molecule has 0 saturated heterocycles. The number of halogens is 1. The van der Waals surface area contributed by atoms with E-state index in [-0.39, 0.29) is 18.0 Å². The topological polar surface area (TPSA) is 76.5 Å². The zero-order valence-corrected chi connectivity index (χ0v) is 15.5. The number of nitrogens with zero attached hydrogens (tertiary/aromatic N) is 3. The largest absolute Gasteiger partial charge is 0.444 e. The molecule has 0 fully saturated rings. The molecule has 22 heavy (non-hydrogen) atoms. The highest BCUT2D eigenvalue weighted by Crippen LogP contribution is 2.23. The van der Waals surface area contributed by atoms with Crippen molar-refractivity contribution in [1.82, 2.24) is 20.0 Å². The van der Waals surface area contributed by atoms with Gasteiger partial charge in [0.05, 0.1) is 21.9 Å². The van der Waals surface area contributed by atoms with Crippen molar-refractivity contribution in [2.45, 2.75) is 45.4 Å². The van der Waals surface area contributed by atoms with Crippen molar-refractivity contribution in [1.29, 1.82) is 0 Å².